The predicted octanol–water partition coefficient (Wildman–Crippen LogP) is 2.62. The van der Waals surface area contributed by atoms with Crippen molar-refractivity contribution in [3.05, 3.63) is 28.0 Å². The van der Waals surface area contributed by atoms with E-state index in [1.165, 1.54) is 6.07 Å². The molecule has 1 aromatic rings. The van der Waals surface area contributed by atoms with Crippen LogP contribution in [0.1, 0.15) is 18.9 Å². The molecule has 86 valence electrons. The van der Waals surface area contributed by atoms with Gasteiger partial charge in [0.05, 0.1) is 11.9 Å². The lowest BCUT2D eigenvalue weighted by Crippen LogP contribution is -2.46. The van der Waals surface area contributed by atoms with Crippen LogP contribution in [0, 0.1) is 11.2 Å². The Morgan fingerprint density at radius 1 is 1.50 bits per heavy atom. The van der Waals surface area contributed by atoms with E-state index in [0.29, 0.717) is 24.4 Å². The second-order valence-electron chi connectivity index (χ2n) is 3.95. The molecule has 1 aliphatic heterocycles. The fourth-order valence-electron chi connectivity index (χ4n) is 2.04. The average molecular weight is 286 g/mol. The predicted molar refractivity (Wildman–Crippen MR) is 66.3 cm³/mol. The Labute approximate surface area is 102 Å². The summed E-state index contributed by atoms with van der Waals surface area (Å²) in [6.07, 6.45) is 0.903. The van der Waals surface area contributed by atoms with Gasteiger partial charge in [-0.25, -0.2) is 4.39 Å². The molecular formula is C11H13BrFN3. The molecule has 1 aromatic carbocycles. The highest BCUT2D eigenvalue weighted by Crippen LogP contribution is 2.33. The van der Waals surface area contributed by atoms with Crippen molar-refractivity contribution < 1.29 is 4.39 Å². The largest absolute Gasteiger partial charge is 0.312 e. The Bertz CT molecular complexity index is 445. The number of aryl methyl sites for hydroxylation is 1. The molecule has 0 spiro atoms. The van der Waals surface area contributed by atoms with E-state index in [1.54, 1.807) is 11.8 Å². The Morgan fingerprint density at radius 2 is 2.19 bits per heavy atom. The van der Waals surface area contributed by atoms with Gasteiger partial charge in [0.15, 0.2) is 0 Å². The third kappa shape index (κ3) is 1.85. The lowest BCUT2D eigenvalue weighted by Gasteiger charge is -2.34. The molecular weight excluding hydrogens is 273 g/mol. The van der Waals surface area contributed by atoms with E-state index in [0.717, 1.165) is 10.0 Å². The second-order valence-corrected chi connectivity index (χ2v) is 4.87. The van der Waals surface area contributed by atoms with Crippen LogP contribution in [0.15, 0.2) is 16.6 Å². The SMILES string of the molecule is CC(N)N1C(=N)CCc2cc(Br)cc(F)c21. The number of fused-ring (bicyclic) bond motifs is 1. The Morgan fingerprint density at radius 3 is 2.81 bits per heavy atom. The maximum absolute atomic E-state index is 13.9. The Kier molecular flexibility index (Phi) is 2.99. The molecule has 0 fully saturated rings. The fraction of sp³-hybridized carbons (Fsp3) is 0.364. The summed E-state index contributed by atoms with van der Waals surface area (Å²) in [7, 11) is 0. The van der Waals surface area contributed by atoms with E-state index < -0.39 is 0 Å². The van der Waals surface area contributed by atoms with Crippen LogP contribution in [0.5, 0.6) is 0 Å². The molecule has 0 bridgehead atoms. The van der Waals surface area contributed by atoms with E-state index >= 15 is 0 Å². The number of hydrogen-bond acceptors (Lipinski definition) is 2. The van der Waals surface area contributed by atoms with Gasteiger partial charge in [-0.05, 0) is 31.0 Å². The molecule has 0 aliphatic carbocycles. The number of anilines is 1. The topological polar surface area (TPSA) is 53.1 Å². The molecule has 3 nitrogen and oxygen atoms in total. The molecule has 0 aromatic heterocycles. The van der Waals surface area contributed by atoms with E-state index in [4.69, 9.17) is 11.1 Å². The Balaban J connectivity index is 2.59. The van der Waals surface area contributed by atoms with E-state index in [2.05, 4.69) is 15.9 Å². The smallest absolute Gasteiger partial charge is 0.148 e. The summed E-state index contributed by atoms with van der Waals surface area (Å²) < 4.78 is 14.6. The zero-order valence-electron chi connectivity index (χ0n) is 8.93. The number of nitrogens with two attached hydrogens (primary N) is 1. The standard InChI is InChI=1S/C11H13BrFN3/c1-6(14)16-10(15)3-2-7-4-8(12)5-9(13)11(7)16/h4-6,15H,2-3,14H2,1H3. The quantitative estimate of drug-likeness (QED) is 0.833. The average Bonchev–Trinajstić information content (AvgIpc) is 2.18. The highest BCUT2D eigenvalue weighted by atomic mass is 79.9. The van der Waals surface area contributed by atoms with Gasteiger partial charge in [0.25, 0.3) is 0 Å². The van der Waals surface area contributed by atoms with Crippen LogP contribution in [0.3, 0.4) is 0 Å². The van der Waals surface area contributed by atoms with Crippen molar-refractivity contribution >= 4 is 27.5 Å². The number of nitrogens with zero attached hydrogens (tertiary/aromatic N) is 1. The first-order chi connectivity index (χ1) is 7.50. The van der Waals surface area contributed by atoms with Crippen LogP contribution < -0.4 is 10.6 Å². The number of hydrogen-bond donors (Lipinski definition) is 2. The zero-order valence-corrected chi connectivity index (χ0v) is 10.5. The molecule has 0 radical (unpaired) electrons. The molecule has 1 unspecified atom stereocenters. The molecule has 3 N–H and O–H groups in total. The molecule has 2 rings (SSSR count). The van der Waals surface area contributed by atoms with Crippen LogP contribution in [-0.4, -0.2) is 12.0 Å². The number of amidine groups is 1. The first-order valence-electron chi connectivity index (χ1n) is 5.11. The van der Waals surface area contributed by atoms with Gasteiger partial charge in [-0.1, -0.05) is 15.9 Å². The number of nitrogens with one attached hydrogen (secondary N) is 1. The first-order valence-corrected chi connectivity index (χ1v) is 5.90. The van der Waals surface area contributed by atoms with Gasteiger partial charge in [0, 0.05) is 10.9 Å². The lowest BCUT2D eigenvalue weighted by molar-refractivity contribution is 0.608. The minimum atomic E-state index is -0.387. The highest BCUT2D eigenvalue weighted by molar-refractivity contribution is 9.10. The van der Waals surface area contributed by atoms with Gasteiger partial charge in [0.2, 0.25) is 0 Å². The minimum absolute atomic E-state index is 0.328. The molecule has 0 saturated carbocycles. The van der Waals surface area contributed by atoms with Gasteiger partial charge in [-0.2, -0.15) is 0 Å². The molecule has 0 amide bonds. The van der Waals surface area contributed by atoms with Crippen LogP contribution in [0.4, 0.5) is 10.1 Å². The first kappa shape index (κ1) is 11.5. The maximum atomic E-state index is 13.9. The molecule has 1 heterocycles. The van der Waals surface area contributed by atoms with E-state index in [9.17, 15) is 4.39 Å². The normalized spacial score (nSPS) is 17.2. The summed E-state index contributed by atoms with van der Waals surface area (Å²) >= 11 is 3.27. The number of rotatable bonds is 1. The van der Waals surface area contributed by atoms with E-state index in [1.807, 2.05) is 6.07 Å². The molecule has 1 atom stereocenters. The third-order valence-electron chi connectivity index (χ3n) is 2.68. The summed E-state index contributed by atoms with van der Waals surface area (Å²) in [6, 6.07) is 3.30. The molecule has 0 saturated heterocycles. The summed E-state index contributed by atoms with van der Waals surface area (Å²) in [6.45, 7) is 1.76. The number of halogens is 2. The molecule has 5 heteroatoms. The van der Waals surface area contributed by atoms with Gasteiger partial charge in [-0.3, -0.25) is 5.41 Å². The molecule has 1 aliphatic rings. The maximum Gasteiger partial charge on any atom is 0.148 e. The highest BCUT2D eigenvalue weighted by Gasteiger charge is 2.27. The second kappa shape index (κ2) is 4.14. The van der Waals surface area contributed by atoms with Crippen molar-refractivity contribution in [3.8, 4) is 0 Å². The lowest BCUT2D eigenvalue weighted by atomic mass is 10.00. The fourth-order valence-corrected chi connectivity index (χ4v) is 2.51. The van der Waals surface area contributed by atoms with Crippen LogP contribution in [0.2, 0.25) is 0 Å². The van der Waals surface area contributed by atoms with Gasteiger partial charge in [0.1, 0.15) is 11.7 Å². The monoisotopic (exact) mass is 285 g/mol. The summed E-state index contributed by atoms with van der Waals surface area (Å²) in [5.41, 5.74) is 7.14. The van der Waals surface area contributed by atoms with Crippen molar-refractivity contribution in [1.82, 2.24) is 0 Å². The summed E-state index contributed by atoms with van der Waals surface area (Å²) in [5.74, 6) is 0.0508. The van der Waals surface area contributed by atoms with Gasteiger partial charge < -0.3 is 10.6 Å². The van der Waals surface area contributed by atoms with Crippen molar-refractivity contribution in [2.45, 2.75) is 25.9 Å². The zero-order chi connectivity index (χ0) is 11.9. The van der Waals surface area contributed by atoms with Crippen molar-refractivity contribution in [1.29, 1.82) is 5.41 Å². The third-order valence-corrected chi connectivity index (χ3v) is 3.14. The van der Waals surface area contributed by atoms with Gasteiger partial charge >= 0.3 is 0 Å². The Hall–Kier alpha value is -0.940. The summed E-state index contributed by atoms with van der Waals surface area (Å²) in [4.78, 5) is 1.56. The van der Waals surface area contributed by atoms with Crippen molar-refractivity contribution in [2.75, 3.05) is 4.90 Å². The van der Waals surface area contributed by atoms with Crippen molar-refractivity contribution in [2.24, 2.45) is 5.73 Å². The number of benzene rings is 1. The minimum Gasteiger partial charge on any atom is -0.312 e. The molecule has 16 heavy (non-hydrogen) atoms. The van der Waals surface area contributed by atoms with Crippen molar-refractivity contribution in [3.63, 3.8) is 0 Å². The van der Waals surface area contributed by atoms with Crippen LogP contribution in [-0.2, 0) is 6.42 Å². The van der Waals surface area contributed by atoms with Gasteiger partial charge in [-0.15, -0.1) is 0 Å². The van der Waals surface area contributed by atoms with Crippen LogP contribution in [0.25, 0.3) is 0 Å². The van der Waals surface area contributed by atoms with Crippen LogP contribution >= 0.6 is 15.9 Å². The van der Waals surface area contributed by atoms with E-state index in [-0.39, 0.29) is 12.0 Å². The summed E-state index contributed by atoms with van der Waals surface area (Å²) in [5, 5.41) is 7.82.